The van der Waals surface area contributed by atoms with Crippen LogP contribution < -0.4 is 15.4 Å². The van der Waals surface area contributed by atoms with Crippen molar-refractivity contribution in [1.29, 1.82) is 0 Å². The van der Waals surface area contributed by atoms with Gasteiger partial charge in [0.05, 0.1) is 6.54 Å². The number of ether oxygens (including phenoxy) is 1. The lowest BCUT2D eigenvalue weighted by molar-refractivity contribution is 0.461. The number of benzene rings is 1. The summed E-state index contributed by atoms with van der Waals surface area (Å²) in [5.41, 5.74) is 0.993. The van der Waals surface area contributed by atoms with Crippen molar-refractivity contribution in [3.8, 4) is 11.6 Å². The van der Waals surface area contributed by atoms with Gasteiger partial charge >= 0.3 is 0 Å². The maximum atomic E-state index is 12.9. The van der Waals surface area contributed by atoms with Gasteiger partial charge in [0, 0.05) is 24.8 Å². The fourth-order valence-corrected chi connectivity index (χ4v) is 2.38. The van der Waals surface area contributed by atoms with Gasteiger partial charge in [-0.15, -0.1) is 0 Å². The van der Waals surface area contributed by atoms with E-state index in [9.17, 15) is 4.39 Å². The fraction of sp³-hybridized carbons (Fsp3) is 0.368. The van der Waals surface area contributed by atoms with E-state index < -0.39 is 0 Å². The highest BCUT2D eigenvalue weighted by Gasteiger charge is 2.33. The van der Waals surface area contributed by atoms with Crippen molar-refractivity contribution in [1.82, 2.24) is 15.6 Å². The number of hydrogen-bond donors (Lipinski definition) is 2. The third-order valence-corrected chi connectivity index (χ3v) is 4.03. The molecule has 0 radical (unpaired) electrons. The minimum atomic E-state index is -0.292. The van der Waals surface area contributed by atoms with Crippen LogP contribution in [0.2, 0.25) is 0 Å². The SMILES string of the molecule is CCNC(=NCc1ccc(Oc2ccc(F)cc2)nc1)NC1CC1C. The second-order valence-corrected chi connectivity index (χ2v) is 6.22. The second-order valence-electron chi connectivity index (χ2n) is 6.22. The highest BCUT2D eigenvalue weighted by atomic mass is 19.1. The summed E-state index contributed by atoms with van der Waals surface area (Å²) in [7, 11) is 0. The summed E-state index contributed by atoms with van der Waals surface area (Å²) in [4.78, 5) is 8.87. The molecule has 2 N–H and O–H groups in total. The lowest BCUT2D eigenvalue weighted by atomic mass is 10.3. The first-order valence-electron chi connectivity index (χ1n) is 8.57. The van der Waals surface area contributed by atoms with Crippen LogP contribution in [-0.2, 0) is 6.54 Å². The average Bonchev–Trinajstić information content (AvgIpc) is 3.31. The normalized spacial score (nSPS) is 19.4. The first-order chi connectivity index (χ1) is 12.1. The van der Waals surface area contributed by atoms with Crippen molar-refractivity contribution in [2.45, 2.75) is 32.9 Å². The van der Waals surface area contributed by atoms with E-state index in [1.165, 1.54) is 18.6 Å². The number of aliphatic imine (C=N–C) groups is 1. The molecule has 1 aromatic carbocycles. The number of hydrogen-bond acceptors (Lipinski definition) is 3. The van der Waals surface area contributed by atoms with Gasteiger partial charge in [0.25, 0.3) is 0 Å². The Kier molecular flexibility index (Phi) is 5.48. The fourth-order valence-electron chi connectivity index (χ4n) is 2.38. The maximum Gasteiger partial charge on any atom is 0.219 e. The molecule has 1 aliphatic carbocycles. The number of nitrogens with zero attached hydrogens (tertiary/aromatic N) is 2. The van der Waals surface area contributed by atoms with Gasteiger partial charge in [-0.1, -0.05) is 13.0 Å². The number of rotatable bonds is 6. The average molecular weight is 342 g/mol. The molecular weight excluding hydrogens is 319 g/mol. The van der Waals surface area contributed by atoms with Crippen LogP contribution in [0.15, 0.2) is 47.6 Å². The molecule has 5 nitrogen and oxygen atoms in total. The monoisotopic (exact) mass is 342 g/mol. The minimum Gasteiger partial charge on any atom is -0.439 e. The van der Waals surface area contributed by atoms with Crippen LogP contribution in [-0.4, -0.2) is 23.5 Å². The molecule has 0 spiro atoms. The van der Waals surface area contributed by atoms with E-state index in [0.717, 1.165) is 18.1 Å². The molecule has 1 aromatic heterocycles. The molecule has 0 amide bonds. The minimum absolute atomic E-state index is 0.292. The Morgan fingerprint density at radius 3 is 2.64 bits per heavy atom. The highest BCUT2D eigenvalue weighted by Crippen LogP contribution is 2.28. The zero-order chi connectivity index (χ0) is 17.6. The summed E-state index contributed by atoms with van der Waals surface area (Å²) in [6.45, 7) is 5.65. The van der Waals surface area contributed by atoms with Crippen LogP contribution in [0.1, 0.15) is 25.8 Å². The Morgan fingerprint density at radius 1 is 1.28 bits per heavy atom. The first kappa shape index (κ1) is 17.2. The summed E-state index contributed by atoms with van der Waals surface area (Å²) < 4.78 is 18.5. The molecule has 132 valence electrons. The molecule has 2 aromatic rings. The van der Waals surface area contributed by atoms with Crippen molar-refractivity contribution >= 4 is 5.96 Å². The van der Waals surface area contributed by atoms with Crippen LogP contribution in [0, 0.1) is 11.7 Å². The largest absolute Gasteiger partial charge is 0.439 e. The zero-order valence-corrected chi connectivity index (χ0v) is 14.5. The standard InChI is InChI=1S/C19H23FN4O/c1-3-21-19(24-17-10-13(17)2)23-12-14-4-9-18(22-11-14)25-16-7-5-15(20)6-8-16/h4-9,11,13,17H,3,10,12H2,1-2H3,(H2,21,23,24). The molecule has 2 unspecified atom stereocenters. The summed E-state index contributed by atoms with van der Waals surface area (Å²) in [6, 6.07) is 10.1. The highest BCUT2D eigenvalue weighted by molar-refractivity contribution is 5.80. The van der Waals surface area contributed by atoms with Crippen LogP contribution in [0.4, 0.5) is 4.39 Å². The molecule has 1 heterocycles. The number of halogens is 1. The molecule has 1 saturated carbocycles. The van der Waals surface area contributed by atoms with Gasteiger partial charge in [-0.05, 0) is 49.1 Å². The summed E-state index contributed by atoms with van der Waals surface area (Å²) >= 11 is 0. The molecule has 1 aliphatic rings. The second kappa shape index (κ2) is 7.96. The van der Waals surface area contributed by atoms with Crippen molar-refractivity contribution in [3.63, 3.8) is 0 Å². The zero-order valence-electron chi connectivity index (χ0n) is 14.5. The van der Waals surface area contributed by atoms with E-state index in [0.29, 0.717) is 30.1 Å². The van der Waals surface area contributed by atoms with Crippen molar-refractivity contribution in [2.75, 3.05) is 6.54 Å². The van der Waals surface area contributed by atoms with Gasteiger partial charge in [-0.3, -0.25) is 0 Å². The maximum absolute atomic E-state index is 12.9. The van der Waals surface area contributed by atoms with Crippen LogP contribution in [0.3, 0.4) is 0 Å². The summed E-state index contributed by atoms with van der Waals surface area (Å²) in [5.74, 6) is 2.28. The lowest BCUT2D eigenvalue weighted by Crippen LogP contribution is -2.39. The van der Waals surface area contributed by atoms with E-state index in [1.54, 1.807) is 24.4 Å². The molecule has 0 saturated heterocycles. The molecule has 1 fully saturated rings. The van der Waals surface area contributed by atoms with Crippen LogP contribution >= 0.6 is 0 Å². The smallest absolute Gasteiger partial charge is 0.219 e. The third kappa shape index (κ3) is 5.17. The Morgan fingerprint density at radius 2 is 2.04 bits per heavy atom. The molecular formula is C19H23FN4O. The van der Waals surface area contributed by atoms with E-state index in [1.807, 2.05) is 6.07 Å². The Labute approximate surface area is 147 Å². The number of guanidine groups is 1. The van der Waals surface area contributed by atoms with Crippen LogP contribution in [0.5, 0.6) is 11.6 Å². The van der Waals surface area contributed by atoms with E-state index in [4.69, 9.17) is 4.74 Å². The van der Waals surface area contributed by atoms with Crippen molar-refractivity contribution < 1.29 is 9.13 Å². The van der Waals surface area contributed by atoms with Gasteiger partial charge in [-0.2, -0.15) is 0 Å². The van der Waals surface area contributed by atoms with Gasteiger partial charge in [-0.25, -0.2) is 14.4 Å². The van der Waals surface area contributed by atoms with Crippen molar-refractivity contribution in [2.24, 2.45) is 10.9 Å². The molecule has 0 aliphatic heterocycles. The lowest BCUT2D eigenvalue weighted by Gasteiger charge is -2.10. The molecule has 0 bridgehead atoms. The first-order valence-corrected chi connectivity index (χ1v) is 8.57. The van der Waals surface area contributed by atoms with E-state index in [2.05, 4.69) is 34.5 Å². The predicted molar refractivity (Wildman–Crippen MR) is 96.2 cm³/mol. The van der Waals surface area contributed by atoms with E-state index in [-0.39, 0.29) is 5.82 Å². The Bertz CT molecular complexity index is 715. The van der Waals surface area contributed by atoms with Gasteiger partial charge in [0.15, 0.2) is 5.96 Å². The Hall–Kier alpha value is -2.63. The number of nitrogens with one attached hydrogen (secondary N) is 2. The molecule has 25 heavy (non-hydrogen) atoms. The molecule has 6 heteroatoms. The van der Waals surface area contributed by atoms with E-state index >= 15 is 0 Å². The number of pyridine rings is 1. The topological polar surface area (TPSA) is 58.5 Å². The summed E-state index contributed by atoms with van der Waals surface area (Å²) in [5, 5.41) is 6.68. The predicted octanol–water partition coefficient (Wildman–Crippen LogP) is 3.48. The van der Waals surface area contributed by atoms with Gasteiger partial charge in [0.2, 0.25) is 5.88 Å². The van der Waals surface area contributed by atoms with Gasteiger partial charge < -0.3 is 15.4 Å². The van der Waals surface area contributed by atoms with Crippen molar-refractivity contribution in [3.05, 3.63) is 54.0 Å². The summed E-state index contributed by atoms with van der Waals surface area (Å²) in [6.07, 6.45) is 2.94. The Balaban J connectivity index is 1.57. The molecule has 3 rings (SSSR count). The third-order valence-electron chi connectivity index (χ3n) is 4.03. The quantitative estimate of drug-likeness (QED) is 0.623. The number of aromatic nitrogens is 1. The van der Waals surface area contributed by atoms with Crippen LogP contribution in [0.25, 0.3) is 0 Å². The van der Waals surface area contributed by atoms with Gasteiger partial charge in [0.1, 0.15) is 11.6 Å². The molecule has 2 atom stereocenters.